The molecule has 1 aliphatic heterocycles. The smallest absolute Gasteiger partial charge is 0.480 e. The summed E-state index contributed by atoms with van der Waals surface area (Å²) < 4.78 is 59.8. The van der Waals surface area contributed by atoms with Crippen molar-refractivity contribution in [3.63, 3.8) is 0 Å². The number of benzene rings is 1. The number of carboxylic acid groups (broad SMARTS) is 2. The summed E-state index contributed by atoms with van der Waals surface area (Å²) in [5.74, 6) is -3.88. The monoisotopic (exact) mass is 636 g/mol. The average molecular weight is 637 g/mol. The number of nitrogens with one attached hydrogen (secondary N) is 5. The average Bonchev–Trinajstić information content (AvgIpc) is 3.57. The molecule has 7 N–H and O–H groups in total. The Morgan fingerprint density at radius 3 is 2.30 bits per heavy atom. The van der Waals surface area contributed by atoms with Gasteiger partial charge in [-0.25, -0.2) is 18.2 Å². The third-order valence-electron chi connectivity index (χ3n) is 6.13. The van der Waals surface area contributed by atoms with Gasteiger partial charge in [0.15, 0.2) is 5.95 Å². The van der Waals surface area contributed by atoms with Crippen LogP contribution >= 0.6 is 0 Å². The molecule has 14 nitrogen and oxygen atoms in total. The van der Waals surface area contributed by atoms with Crippen molar-refractivity contribution in [2.24, 2.45) is 0 Å². The molecule has 240 valence electrons. The van der Waals surface area contributed by atoms with Crippen LogP contribution in [0, 0.1) is 20.8 Å². The minimum Gasteiger partial charge on any atom is -0.480 e. The molecule has 2 unspecified atom stereocenters. The number of aromatic amines is 1. The van der Waals surface area contributed by atoms with Gasteiger partial charge in [-0.05, 0) is 51.2 Å². The Morgan fingerprint density at radius 1 is 1.14 bits per heavy atom. The fraction of sp³-hybridized carbons (Fsp3) is 0.520. The minimum atomic E-state index is -5.08. The van der Waals surface area contributed by atoms with Gasteiger partial charge in [0.2, 0.25) is 15.9 Å². The number of alkyl halides is 3. The fourth-order valence-electron chi connectivity index (χ4n) is 4.28. The normalized spacial score (nSPS) is 17.4. The Balaban J connectivity index is 0.000000821. The summed E-state index contributed by atoms with van der Waals surface area (Å²) in [6.07, 6.45) is 1.15. The van der Waals surface area contributed by atoms with E-state index in [0.29, 0.717) is 17.5 Å². The number of hydroxylamine groups is 1. The second kappa shape index (κ2) is 15.6. The zero-order valence-electron chi connectivity index (χ0n) is 23.6. The van der Waals surface area contributed by atoms with Gasteiger partial charge in [0, 0.05) is 31.9 Å². The van der Waals surface area contributed by atoms with Crippen molar-refractivity contribution in [3.8, 4) is 0 Å². The van der Waals surface area contributed by atoms with E-state index in [0.717, 1.165) is 37.3 Å². The van der Waals surface area contributed by atoms with E-state index in [2.05, 4.69) is 30.8 Å². The lowest BCUT2D eigenvalue weighted by atomic mass is 10.1. The van der Waals surface area contributed by atoms with Gasteiger partial charge >= 0.3 is 18.1 Å². The summed E-state index contributed by atoms with van der Waals surface area (Å²) >= 11 is 0. The number of amides is 1. The molecule has 1 aliphatic rings. The number of aliphatic carboxylic acids is 2. The maximum Gasteiger partial charge on any atom is 0.490 e. The van der Waals surface area contributed by atoms with Crippen LogP contribution in [0.3, 0.4) is 0 Å². The summed E-state index contributed by atoms with van der Waals surface area (Å²) in [6, 6.07) is 1.26. The van der Waals surface area contributed by atoms with Crippen molar-refractivity contribution >= 4 is 33.8 Å². The molecular weight excluding hydrogens is 601 g/mol. The molecule has 43 heavy (non-hydrogen) atoms. The van der Waals surface area contributed by atoms with Gasteiger partial charge in [0.1, 0.15) is 12.1 Å². The van der Waals surface area contributed by atoms with E-state index >= 15 is 0 Å². The van der Waals surface area contributed by atoms with Crippen LogP contribution in [0.4, 0.5) is 19.1 Å². The highest BCUT2D eigenvalue weighted by Gasteiger charge is 2.38. The predicted molar refractivity (Wildman–Crippen MR) is 146 cm³/mol. The van der Waals surface area contributed by atoms with Gasteiger partial charge in [-0.15, -0.1) is 0 Å². The number of imidazole rings is 1. The number of nitrogens with zero attached hydrogens (tertiary/aromatic N) is 1. The van der Waals surface area contributed by atoms with Crippen LogP contribution < -0.4 is 20.8 Å². The quantitative estimate of drug-likeness (QED) is 0.157. The maximum absolute atomic E-state index is 12.9. The highest BCUT2D eigenvalue weighted by atomic mass is 32.2. The van der Waals surface area contributed by atoms with Gasteiger partial charge in [0.25, 0.3) is 0 Å². The number of aryl methyl sites for hydroxylation is 3. The number of sulfonamides is 1. The fourth-order valence-corrected chi connectivity index (χ4v) is 5.92. The summed E-state index contributed by atoms with van der Waals surface area (Å²) in [5, 5.41) is 22.4. The molecule has 0 spiro atoms. The third kappa shape index (κ3) is 11.5. The van der Waals surface area contributed by atoms with Crippen LogP contribution in [0.5, 0.6) is 0 Å². The molecule has 0 saturated carbocycles. The van der Waals surface area contributed by atoms with Crippen molar-refractivity contribution in [3.05, 3.63) is 41.2 Å². The molecule has 2 aromatic rings. The molecule has 1 aromatic carbocycles. The van der Waals surface area contributed by atoms with Gasteiger partial charge in [0.05, 0.1) is 11.0 Å². The van der Waals surface area contributed by atoms with Gasteiger partial charge in [-0.1, -0.05) is 17.7 Å². The number of carbonyl (C=O) groups excluding carboxylic acids is 1. The van der Waals surface area contributed by atoms with Crippen LogP contribution in [0.2, 0.25) is 0 Å². The van der Waals surface area contributed by atoms with Crippen LogP contribution in [-0.4, -0.2) is 83.9 Å². The van der Waals surface area contributed by atoms with Crippen molar-refractivity contribution in [1.82, 2.24) is 25.5 Å². The number of anilines is 1. The Bertz CT molecular complexity index is 1330. The number of carbonyl (C=O) groups is 3. The van der Waals surface area contributed by atoms with Crippen molar-refractivity contribution in [2.75, 3.05) is 18.4 Å². The van der Waals surface area contributed by atoms with Crippen molar-refractivity contribution < 1.29 is 51.0 Å². The van der Waals surface area contributed by atoms with E-state index in [4.69, 9.17) is 14.7 Å². The first-order valence-electron chi connectivity index (χ1n) is 13.1. The lowest BCUT2D eigenvalue weighted by Gasteiger charge is -2.19. The molecule has 0 bridgehead atoms. The molecule has 3 atom stereocenters. The molecule has 1 amide bonds. The molecule has 3 rings (SSSR count). The van der Waals surface area contributed by atoms with E-state index in [9.17, 15) is 36.3 Å². The highest BCUT2D eigenvalue weighted by Crippen LogP contribution is 2.22. The van der Waals surface area contributed by atoms with Gasteiger partial charge in [-0.2, -0.15) is 23.4 Å². The first kappa shape index (κ1) is 35.5. The molecule has 0 aliphatic carbocycles. The topological polar surface area (TPSA) is 212 Å². The number of halogens is 3. The SMILES string of the molecule is Cc1cc(C)c(S(=O)(=O)N[C@@H](CNC(=O)C2CC(CCCCNc3ncc[nH]3)ON2)C(=O)O)c(C)c1.O=C(O)C(F)(F)F. The third-order valence-corrected chi connectivity index (χ3v) is 7.90. The van der Waals surface area contributed by atoms with Crippen LogP contribution in [-0.2, 0) is 29.2 Å². The number of H-pyrrole nitrogens is 1. The highest BCUT2D eigenvalue weighted by molar-refractivity contribution is 7.89. The summed E-state index contributed by atoms with van der Waals surface area (Å²) in [4.78, 5) is 45.8. The van der Waals surface area contributed by atoms with E-state index in [-0.39, 0.29) is 11.0 Å². The minimum absolute atomic E-state index is 0.0405. The first-order chi connectivity index (χ1) is 20.0. The molecule has 18 heteroatoms. The van der Waals surface area contributed by atoms with Gasteiger partial charge in [-0.3, -0.25) is 14.4 Å². The summed E-state index contributed by atoms with van der Waals surface area (Å²) in [7, 11) is -4.12. The Morgan fingerprint density at radius 2 is 1.77 bits per heavy atom. The number of rotatable bonds is 13. The van der Waals surface area contributed by atoms with Gasteiger partial charge < -0.3 is 25.8 Å². The van der Waals surface area contributed by atoms with Crippen LogP contribution in [0.1, 0.15) is 42.4 Å². The Kier molecular flexibility index (Phi) is 12.9. The zero-order chi connectivity index (χ0) is 32.4. The number of hydrogen-bond acceptors (Lipinski definition) is 9. The molecular formula is C25H35F3N6O8S. The van der Waals surface area contributed by atoms with Crippen molar-refractivity contribution in [2.45, 2.75) is 75.7 Å². The predicted octanol–water partition coefficient (Wildman–Crippen LogP) is 1.76. The first-order valence-corrected chi connectivity index (χ1v) is 14.5. The van der Waals surface area contributed by atoms with E-state index in [1.807, 2.05) is 6.92 Å². The maximum atomic E-state index is 12.9. The second-order valence-electron chi connectivity index (χ2n) is 9.79. The van der Waals surface area contributed by atoms with E-state index in [1.54, 1.807) is 38.4 Å². The van der Waals surface area contributed by atoms with Crippen LogP contribution in [0.25, 0.3) is 0 Å². The molecule has 1 fully saturated rings. The Hall–Kier alpha value is -3.74. The zero-order valence-corrected chi connectivity index (χ0v) is 24.4. The summed E-state index contributed by atoms with van der Waals surface area (Å²) in [6.45, 7) is 5.52. The largest absolute Gasteiger partial charge is 0.490 e. The standard InChI is InChI=1S/C23H34N6O6S.C2HF3O2/c1-14-10-15(2)20(16(3)11-14)36(33,34)29-19(22(31)32)13-27-21(30)18-12-17(35-28-18)6-4-5-7-24-23-25-8-9-26-23;3-2(4,5)1(6)7/h8-11,17-19,28-29H,4-7,12-13H2,1-3H3,(H,27,30)(H,31,32)(H2,24,25,26);(H,6,7)/t17?,18?,19-;/m0./s1. The number of aromatic nitrogens is 2. The number of unbranched alkanes of at least 4 members (excludes halogenated alkanes) is 1. The summed E-state index contributed by atoms with van der Waals surface area (Å²) in [5.41, 5.74) is 4.63. The van der Waals surface area contributed by atoms with E-state index < -0.39 is 52.7 Å². The molecule has 1 saturated heterocycles. The lowest BCUT2D eigenvalue weighted by Crippen LogP contribution is -2.51. The number of carboxylic acids is 2. The second-order valence-corrected chi connectivity index (χ2v) is 11.4. The molecule has 2 heterocycles. The molecule has 0 radical (unpaired) electrons. The van der Waals surface area contributed by atoms with Crippen molar-refractivity contribution in [1.29, 1.82) is 0 Å². The Labute approximate surface area is 245 Å². The molecule has 1 aromatic heterocycles. The van der Waals surface area contributed by atoms with Crippen LogP contribution in [0.15, 0.2) is 29.4 Å². The van der Waals surface area contributed by atoms with E-state index in [1.165, 1.54) is 0 Å². The number of hydrogen-bond donors (Lipinski definition) is 7. The lowest BCUT2D eigenvalue weighted by molar-refractivity contribution is -0.192.